The average molecular weight is 241 g/mol. The second-order valence-electron chi connectivity index (χ2n) is 2.94. The van der Waals surface area contributed by atoms with Gasteiger partial charge in [0.25, 0.3) is 0 Å². The van der Waals surface area contributed by atoms with Gasteiger partial charge in [-0.3, -0.25) is 10.7 Å². The van der Waals surface area contributed by atoms with Gasteiger partial charge in [0, 0.05) is 6.07 Å². The largest absolute Gasteiger partial charge is 0.478 e. The molecular formula is C10H15N3O2S. The van der Waals surface area contributed by atoms with Gasteiger partial charge in [0.1, 0.15) is 6.34 Å². The Morgan fingerprint density at radius 2 is 2.50 bits per heavy atom. The molecule has 0 atom stereocenters. The van der Waals surface area contributed by atoms with Crippen LogP contribution in [0.4, 0.5) is 5.69 Å². The highest BCUT2D eigenvalue weighted by molar-refractivity contribution is 7.98. The van der Waals surface area contributed by atoms with Crippen LogP contribution in [0.3, 0.4) is 0 Å². The van der Waals surface area contributed by atoms with Crippen molar-refractivity contribution in [1.82, 2.24) is 10.5 Å². The van der Waals surface area contributed by atoms with E-state index in [9.17, 15) is 0 Å². The molecule has 0 aromatic carbocycles. The maximum atomic E-state index is 8.30. The van der Waals surface area contributed by atoms with E-state index in [2.05, 4.69) is 16.2 Å². The van der Waals surface area contributed by atoms with Gasteiger partial charge in [-0.25, -0.2) is 9.98 Å². The molecule has 6 heteroatoms. The Hall–Kier alpha value is -1.27. The predicted octanol–water partition coefficient (Wildman–Crippen LogP) is 1.85. The lowest BCUT2D eigenvalue weighted by Crippen LogP contribution is -2.01. The van der Waals surface area contributed by atoms with Gasteiger partial charge >= 0.3 is 0 Å². The number of nitrogens with zero attached hydrogens (tertiary/aromatic N) is 2. The molecule has 5 nitrogen and oxygen atoms in total. The summed E-state index contributed by atoms with van der Waals surface area (Å²) in [5.41, 5.74) is 2.48. The van der Waals surface area contributed by atoms with Crippen LogP contribution >= 0.6 is 11.8 Å². The van der Waals surface area contributed by atoms with Crippen molar-refractivity contribution in [3.8, 4) is 5.88 Å². The summed E-state index contributed by atoms with van der Waals surface area (Å²) in [6.07, 6.45) is 5.84. The van der Waals surface area contributed by atoms with Gasteiger partial charge in [-0.2, -0.15) is 11.8 Å². The van der Waals surface area contributed by atoms with Crippen molar-refractivity contribution in [2.45, 2.75) is 6.42 Å². The fraction of sp³-hybridized carbons (Fsp3) is 0.400. The van der Waals surface area contributed by atoms with Crippen LogP contribution in [-0.2, 0) is 0 Å². The van der Waals surface area contributed by atoms with Crippen LogP contribution in [0.2, 0.25) is 0 Å². The quantitative estimate of drug-likeness (QED) is 0.330. The summed E-state index contributed by atoms with van der Waals surface area (Å²) in [7, 11) is 0. The van der Waals surface area contributed by atoms with Crippen LogP contribution in [0.15, 0.2) is 23.3 Å². The number of hydroxylamine groups is 1. The van der Waals surface area contributed by atoms with Gasteiger partial charge in [-0.05, 0) is 24.5 Å². The van der Waals surface area contributed by atoms with Crippen molar-refractivity contribution in [3.63, 3.8) is 0 Å². The molecule has 0 bridgehead atoms. The molecule has 88 valence electrons. The number of aliphatic imine (C=N–C) groups is 1. The summed E-state index contributed by atoms with van der Waals surface area (Å²) < 4.78 is 5.43. The number of thioether (sulfide) groups is 1. The average Bonchev–Trinajstić information content (AvgIpc) is 2.33. The number of ether oxygens (including phenoxy) is 1. The first kappa shape index (κ1) is 12.8. The Morgan fingerprint density at radius 1 is 1.62 bits per heavy atom. The summed E-state index contributed by atoms with van der Waals surface area (Å²) >= 11 is 1.80. The monoisotopic (exact) mass is 241 g/mol. The zero-order chi connectivity index (χ0) is 11.6. The van der Waals surface area contributed by atoms with E-state index in [0.29, 0.717) is 18.2 Å². The lowest BCUT2D eigenvalue weighted by Gasteiger charge is -2.03. The van der Waals surface area contributed by atoms with Crippen molar-refractivity contribution in [2.75, 3.05) is 18.6 Å². The van der Waals surface area contributed by atoms with Gasteiger partial charge < -0.3 is 4.74 Å². The minimum absolute atomic E-state index is 0.594. The van der Waals surface area contributed by atoms with E-state index >= 15 is 0 Å². The maximum Gasteiger partial charge on any atom is 0.213 e. The molecule has 0 aliphatic heterocycles. The molecule has 0 radical (unpaired) electrons. The van der Waals surface area contributed by atoms with Crippen molar-refractivity contribution < 1.29 is 9.94 Å². The van der Waals surface area contributed by atoms with Crippen molar-refractivity contribution in [3.05, 3.63) is 18.3 Å². The molecular weight excluding hydrogens is 226 g/mol. The SMILES string of the molecule is CSCCCOc1ccc(N=CNO)cn1. The van der Waals surface area contributed by atoms with Gasteiger partial charge in [0.15, 0.2) is 0 Å². The summed E-state index contributed by atoms with van der Waals surface area (Å²) in [5, 5.41) is 8.30. The molecule has 0 amide bonds. The smallest absolute Gasteiger partial charge is 0.213 e. The Labute approximate surface area is 98.9 Å². The van der Waals surface area contributed by atoms with Crippen LogP contribution in [0, 0.1) is 0 Å². The maximum absolute atomic E-state index is 8.30. The van der Waals surface area contributed by atoms with Gasteiger partial charge in [-0.1, -0.05) is 0 Å². The molecule has 0 saturated heterocycles. The van der Waals surface area contributed by atoms with Crippen LogP contribution in [0.25, 0.3) is 0 Å². The lowest BCUT2D eigenvalue weighted by molar-refractivity contribution is 0.240. The number of hydrogen-bond acceptors (Lipinski definition) is 5. The minimum atomic E-state index is 0.594. The van der Waals surface area contributed by atoms with E-state index in [1.165, 1.54) is 6.34 Å². The van der Waals surface area contributed by atoms with Crippen molar-refractivity contribution in [1.29, 1.82) is 0 Å². The normalized spacial score (nSPS) is 10.6. The molecule has 0 aliphatic rings. The highest BCUT2D eigenvalue weighted by Crippen LogP contribution is 2.13. The number of hydrogen-bond donors (Lipinski definition) is 2. The topological polar surface area (TPSA) is 66.7 Å². The first-order valence-corrected chi connectivity index (χ1v) is 6.26. The van der Waals surface area contributed by atoms with Gasteiger partial charge in [-0.15, -0.1) is 0 Å². The summed E-state index contributed by atoms with van der Waals surface area (Å²) in [6.45, 7) is 0.675. The first-order chi connectivity index (χ1) is 7.86. The molecule has 2 N–H and O–H groups in total. The van der Waals surface area contributed by atoms with E-state index in [1.807, 2.05) is 5.48 Å². The molecule has 1 aromatic rings. The van der Waals surface area contributed by atoms with E-state index in [4.69, 9.17) is 9.94 Å². The van der Waals surface area contributed by atoms with E-state index in [-0.39, 0.29) is 0 Å². The Balaban J connectivity index is 2.36. The summed E-state index contributed by atoms with van der Waals surface area (Å²) in [6, 6.07) is 3.52. The van der Waals surface area contributed by atoms with E-state index in [0.717, 1.165) is 12.2 Å². The second kappa shape index (κ2) is 7.95. The van der Waals surface area contributed by atoms with Crippen LogP contribution < -0.4 is 10.2 Å². The molecule has 1 heterocycles. The Bertz CT molecular complexity index is 316. The molecule has 1 aromatic heterocycles. The fourth-order valence-electron chi connectivity index (χ4n) is 1.02. The van der Waals surface area contributed by atoms with Crippen LogP contribution in [0.5, 0.6) is 5.88 Å². The molecule has 0 saturated carbocycles. The molecule has 16 heavy (non-hydrogen) atoms. The molecule has 0 unspecified atom stereocenters. The zero-order valence-electron chi connectivity index (χ0n) is 9.09. The predicted molar refractivity (Wildman–Crippen MR) is 65.8 cm³/mol. The molecule has 0 aliphatic carbocycles. The number of pyridine rings is 1. The second-order valence-corrected chi connectivity index (χ2v) is 3.92. The standard InChI is InChI=1S/C10H15N3O2S/c1-16-6-2-5-15-10-4-3-9(7-11-10)12-8-13-14/h3-4,7-8,14H,2,5-6H2,1H3,(H,12,13). The Kier molecular flexibility index (Phi) is 6.36. The third-order valence-electron chi connectivity index (χ3n) is 1.73. The molecule has 1 rings (SSSR count). The molecule has 0 fully saturated rings. The van der Waals surface area contributed by atoms with E-state index < -0.39 is 0 Å². The first-order valence-electron chi connectivity index (χ1n) is 4.86. The van der Waals surface area contributed by atoms with E-state index in [1.54, 1.807) is 30.1 Å². The highest BCUT2D eigenvalue weighted by atomic mass is 32.2. The van der Waals surface area contributed by atoms with Crippen molar-refractivity contribution in [2.24, 2.45) is 4.99 Å². The zero-order valence-corrected chi connectivity index (χ0v) is 9.91. The number of rotatable bonds is 7. The minimum Gasteiger partial charge on any atom is -0.478 e. The van der Waals surface area contributed by atoms with Gasteiger partial charge in [0.2, 0.25) is 5.88 Å². The Morgan fingerprint density at radius 3 is 3.12 bits per heavy atom. The van der Waals surface area contributed by atoms with Crippen LogP contribution in [0.1, 0.15) is 6.42 Å². The highest BCUT2D eigenvalue weighted by Gasteiger charge is 1.95. The third-order valence-corrected chi connectivity index (χ3v) is 2.43. The third kappa shape index (κ3) is 4.99. The number of nitrogens with one attached hydrogen (secondary N) is 1. The molecule has 0 spiro atoms. The lowest BCUT2D eigenvalue weighted by atomic mass is 10.4. The fourth-order valence-corrected chi connectivity index (χ4v) is 1.42. The van der Waals surface area contributed by atoms with Crippen LogP contribution in [-0.4, -0.2) is 35.1 Å². The summed E-state index contributed by atoms with van der Waals surface area (Å²) in [4.78, 5) is 7.95. The summed E-state index contributed by atoms with van der Waals surface area (Å²) in [5.74, 6) is 1.68. The van der Waals surface area contributed by atoms with Gasteiger partial charge in [0.05, 0.1) is 18.5 Å². The number of aromatic nitrogens is 1. The van der Waals surface area contributed by atoms with Crippen molar-refractivity contribution >= 4 is 23.8 Å².